The van der Waals surface area contributed by atoms with Gasteiger partial charge in [0.2, 0.25) is 11.8 Å². The fourth-order valence-corrected chi connectivity index (χ4v) is 5.35. The zero-order valence-electron chi connectivity index (χ0n) is 17.7. The summed E-state index contributed by atoms with van der Waals surface area (Å²) < 4.78 is 0. The summed E-state index contributed by atoms with van der Waals surface area (Å²) in [6.07, 6.45) is 3.69. The molecular formula is C22H28Cl2N4O3. The summed E-state index contributed by atoms with van der Waals surface area (Å²) in [6.45, 7) is 3.98. The highest BCUT2D eigenvalue weighted by molar-refractivity contribution is 6.42. The molecule has 168 valence electrons. The minimum atomic E-state index is -0.352. The number of hydrogen-bond donors (Lipinski definition) is 1. The lowest BCUT2D eigenvalue weighted by Crippen LogP contribution is -2.49. The number of nitrogens with one attached hydrogen (secondary N) is 1. The van der Waals surface area contributed by atoms with Crippen LogP contribution in [0.25, 0.3) is 0 Å². The number of likely N-dealkylation sites (tertiary alicyclic amines) is 3. The maximum absolute atomic E-state index is 12.6. The van der Waals surface area contributed by atoms with Crippen LogP contribution in [0.15, 0.2) is 18.2 Å². The summed E-state index contributed by atoms with van der Waals surface area (Å²) in [5, 5.41) is 3.35. The number of benzene rings is 1. The number of hydrogen-bond acceptors (Lipinski definition) is 4. The van der Waals surface area contributed by atoms with Gasteiger partial charge in [-0.1, -0.05) is 23.2 Å². The van der Waals surface area contributed by atoms with Crippen LogP contribution < -0.4 is 5.32 Å². The Morgan fingerprint density at radius 1 is 1.10 bits per heavy atom. The van der Waals surface area contributed by atoms with Crippen molar-refractivity contribution in [2.45, 2.75) is 31.7 Å². The van der Waals surface area contributed by atoms with E-state index in [0.717, 1.165) is 45.3 Å². The third-order valence-electron chi connectivity index (χ3n) is 7.10. The topological polar surface area (TPSA) is 73.0 Å². The molecule has 3 saturated heterocycles. The van der Waals surface area contributed by atoms with E-state index in [1.54, 1.807) is 12.1 Å². The van der Waals surface area contributed by atoms with Crippen LogP contribution in [0.4, 0.5) is 0 Å². The molecular weight excluding hydrogens is 439 g/mol. The van der Waals surface area contributed by atoms with Crippen molar-refractivity contribution in [3.8, 4) is 0 Å². The molecule has 3 aliphatic rings. The van der Waals surface area contributed by atoms with Crippen molar-refractivity contribution in [1.29, 1.82) is 0 Å². The van der Waals surface area contributed by atoms with Gasteiger partial charge in [-0.2, -0.15) is 0 Å². The van der Waals surface area contributed by atoms with Crippen molar-refractivity contribution in [2.24, 2.45) is 5.41 Å². The number of amides is 3. The Balaban J connectivity index is 1.24. The number of carbonyl (C=O) groups is 3. The van der Waals surface area contributed by atoms with Gasteiger partial charge in [-0.05, 0) is 57.0 Å². The molecule has 3 aliphatic heterocycles. The van der Waals surface area contributed by atoms with Crippen LogP contribution in [0.1, 0.15) is 36.0 Å². The van der Waals surface area contributed by atoms with Gasteiger partial charge >= 0.3 is 0 Å². The van der Waals surface area contributed by atoms with Crippen LogP contribution >= 0.6 is 23.2 Å². The molecule has 1 atom stereocenters. The lowest BCUT2D eigenvalue weighted by Gasteiger charge is -2.40. The first-order valence-electron chi connectivity index (χ1n) is 10.8. The lowest BCUT2D eigenvalue weighted by molar-refractivity contribution is -0.137. The van der Waals surface area contributed by atoms with Gasteiger partial charge in [0.15, 0.2) is 0 Å². The molecule has 0 aliphatic carbocycles. The van der Waals surface area contributed by atoms with E-state index in [1.807, 2.05) is 16.8 Å². The minimum absolute atomic E-state index is 0.0459. The Kier molecular flexibility index (Phi) is 6.47. The van der Waals surface area contributed by atoms with Crippen molar-refractivity contribution >= 4 is 40.9 Å². The van der Waals surface area contributed by atoms with Gasteiger partial charge in [0.1, 0.15) is 0 Å². The maximum atomic E-state index is 12.6. The molecule has 3 amide bonds. The first-order chi connectivity index (χ1) is 14.8. The molecule has 7 nitrogen and oxygen atoms in total. The van der Waals surface area contributed by atoms with Crippen LogP contribution in [0, 0.1) is 5.41 Å². The molecule has 0 aromatic heterocycles. The van der Waals surface area contributed by atoms with E-state index in [0.29, 0.717) is 40.6 Å². The monoisotopic (exact) mass is 466 g/mol. The molecule has 0 saturated carbocycles. The van der Waals surface area contributed by atoms with Crippen LogP contribution in [-0.4, -0.2) is 84.8 Å². The molecule has 1 unspecified atom stereocenters. The second-order valence-corrected chi connectivity index (χ2v) is 9.70. The second-order valence-electron chi connectivity index (χ2n) is 8.89. The van der Waals surface area contributed by atoms with Gasteiger partial charge in [0.05, 0.1) is 22.0 Å². The fourth-order valence-electron chi connectivity index (χ4n) is 5.05. The Bertz CT molecular complexity index is 886. The van der Waals surface area contributed by atoms with Crippen LogP contribution in [0.5, 0.6) is 0 Å². The molecule has 1 aromatic carbocycles. The number of halogens is 2. The SMILES string of the molecule is CN1CCC2(CCN(C3CCN(C(=O)CNC(=O)c4ccc(Cl)c(Cl)c4)C3)CC2)C1=O. The molecule has 1 spiro atoms. The minimum Gasteiger partial charge on any atom is -0.345 e. The van der Waals surface area contributed by atoms with E-state index in [4.69, 9.17) is 23.2 Å². The van der Waals surface area contributed by atoms with Gasteiger partial charge in [0, 0.05) is 38.3 Å². The predicted octanol–water partition coefficient (Wildman–Crippen LogP) is 2.27. The Labute approximate surface area is 192 Å². The van der Waals surface area contributed by atoms with Gasteiger partial charge in [-0.25, -0.2) is 0 Å². The highest BCUT2D eigenvalue weighted by Crippen LogP contribution is 2.41. The maximum Gasteiger partial charge on any atom is 0.251 e. The third kappa shape index (κ3) is 4.54. The second kappa shape index (κ2) is 8.96. The summed E-state index contributed by atoms with van der Waals surface area (Å²) in [4.78, 5) is 43.5. The van der Waals surface area contributed by atoms with E-state index in [1.165, 1.54) is 6.07 Å². The number of rotatable bonds is 4. The smallest absolute Gasteiger partial charge is 0.251 e. The number of carbonyl (C=O) groups excluding carboxylic acids is 3. The van der Waals surface area contributed by atoms with Crippen LogP contribution in [0.3, 0.4) is 0 Å². The van der Waals surface area contributed by atoms with Gasteiger partial charge < -0.3 is 15.1 Å². The molecule has 1 aromatic rings. The summed E-state index contributed by atoms with van der Waals surface area (Å²) in [5.41, 5.74) is 0.213. The summed E-state index contributed by atoms with van der Waals surface area (Å²) in [7, 11) is 1.89. The molecule has 4 rings (SSSR count). The van der Waals surface area contributed by atoms with Gasteiger partial charge in [-0.15, -0.1) is 0 Å². The highest BCUT2D eigenvalue weighted by Gasteiger charge is 2.48. The largest absolute Gasteiger partial charge is 0.345 e. The Hall–Kier alpha value is -1.83. The van der Waals surface area contributed by atoms with Crippen molar-refractivity contribution in [3.63, 3.8) is 0 Å². The Morgan fingerprint density at radius 2 is 1.81 bits per heavy atom. The first kappa shape index (κ1) is 22.4. The van der Waals surface area contributed by atoms with E-state index < -0.39 is 0 Å². The normalized spacial score (nSPS) is 23.6. The van der Waals surface area contributed by atoms with Crippen molar-refractivity contribution < 1.29 is 14.4 Å². The molecule has 3 heterocycles. The molecule has 3 fully saturated rings. The Morgan fingerprint density at radius 3 is 2.45 bits per heavy atom. The third-order valence-corrected chi connectivity index (χ3v) is 7.83. The molecule has 1 N–H and O–H groups in total. The van der Waals surface area contributed by atoms with Crippen LogP contribution in [-0.2, 0) is 9.59 Å². The van der Waals surface area contributed by atoms with Crippen LogP contribution in [0.2, 0.25) is 10.0 Å². The molecule has 0 radical (unpaired) electrons. The average molecular weight is 467 g/mol. The van der Waals surface area contributed by atoms with Crippen molar-refractivity contribution in [3.05, 3.63) is 33.8 Å². The zero-order valence-corrected chi connectivity index (χ0v) is 19.2. The first-order valence-corrected chi connectivity index (χ1v) is 11.6. The van der Waals surface area contributed by atoms with E-state index in [2.05, 4.69) is 10.2 Å². The standard InChI is InChI=1S/C22H28Cl2N4O3/c1-26-9-5-22(21(26)31)6-10-27(11-7-22)16-4-8-28(14-16)19(29)13-25-20(30)15-2-3-17(23)18(24)12-15/h2-3,12,16H,4-11,13-14H2,1H3,(H,25,30). The van der Waals surface area contributed by atoms with E-state index in [-0.39, 0.29) is 23.8 Å². The van der Waals surface area contributed by atoms with Crippen molar-refractivity contribution in [2.75, 3.05) is 46.3 Å². The summed E-state index contributed by atoms with van der Waals surface area (Å²) in [6, 6.07) is 4.95. The molecule has 31 heavy (non-hydrogen) atoms. The van der Waals surface area contributed by atoms with Gasteiger partial charge in [-0.3, -0.25) is 19.3 Å². The van der Waals surface area contributed by atoms with Gasteiger partial charge in [0.25, 0.3) is 5.91 Å². The number of nitrogens with zero attached hydrogens (tertiary/aromatic N) is 3. The average Bonchev–Trinajstić information content (AvgIpc) is 3.36. The van der Waals surface area contributed by atoms with Crippen molar-refractivity contribution in [1.82, 2.24) is 20.0 Å². The summed E-state index contributed by atoms with van der Waals surface area (Å²) in [5.74, 6) is -0.139. The highest BCUT2D eigenvalue weighted by atomic mass is 35.5. The predicted molar refractivity (Wildman–Crippen MR) is 119 cm³/mol. The zero-order chi connectivity index (χ0) is 22.2. The number of piperidine rings is 1. The lowest BCUT2D eigenvalue weighted by atomic mass is 9.76. The van der Waals surface area contributed by atoms with E-state index >= 15 is 0 Å². The summed E-state index contributed by atoms with van der Waals surface area (Å²) >= 11 is 11.8. The van der Waals surface area contributed by atoms with E-state index in [9.17, 15) is 14.4 Å². The quantitative estimate of drug-likeness (QED) is 0.738. The molecule has 9 heteroatoms. The fraction of sp³-hybridized carbons (Fsp3) is 0.591. The molecule has 0 bridgehead atoms.